The predicted octanol–water partition coefficient (Wildman–Crippen LogP) is 0.484. The lowest BCUT2D eigenvalue weighted by atomic mass is 10.1. The van der Waals surface area contributed by atoms with Crippen LogP contribution in [0.2, 0.25) is 0 Å². The smallest absolute Gasteiger partial charge is 0.238 e. The minimum atomic E-state index is -3.80. The Bertz CT molecular complexity index is 667. The maximum absolute atomic E-state index is 12.0. The number of amides is 1. The van der Waals surface area contributed by atoms with E-state index >= 15 is 0 Å². The summed E-state index contributed by atoms with van der Waals surface area (Å²) in [6.45, 7) is 1.64. The monoisotopic (exact) mass is 295 g/mol. The summed E-state index contributed by atoms with van der Waals surface area (Å²) in [6.07, 6.45) is 4.10. The van der Waals surface area contributed by atoms with Gasteiger partial charge in [0.05, 0.1) is 10.8 Å². The van der Waals surface area contributed by atoms with Crippen molar-refractivity contribution < 1.29 is 13.2 Å². The van der Waals surface area contributed by atoms with Gasteiger partial charge in [0.1, 0.15) is 0 Å². The number of nitrogens with one attached hydrogen (secondary N) is 1. The first-order valence-corrected chi connectivity index (χ1v) is 7.70. The molecule has 1 amide bonds. The van der Waals surface area contributed by atoms with E-state index in [-0.39, 0.29) is 22.8 Å². The van der Waals surface area contributed by atoms with Crippen LogP contribution in [0.3, 0.4) is 0 Å². The van der Waals surface area contributed by atoms with E-state index in [0.717, 1.165) is 0 Å². The van der Waals surface area contributed by atoms with Gasteiger partial charge in [-0.05, 0) is 31.0 Å². The van der Waals surface area contributed by atoms with Gasteiger partial charge in [0.2, 0.25) is 15.9 Å². The van der Waals surface area contributed by atoms with Crippen molar-refractivity contribution in [3.8, 4) is 0 Å². The summed E-state index contributed by atoms with van der Waals surface area (Å²) in [5.74, 6) is -0.498. The first-order chi connectivity index (χ1) is 9.27. The Labute approximate surface area is 117 Å². The highest BCUT2D eigenvalue weighted by Crippen LogP contribution is 2.22. The van der Waals surface area contributed by atoms with Crippen LogP contribution >= 0.6 is 0 Å². The number of hydrogen-bond donors (Lipinski definition) is 3. The summed E-state index contributed by atoms with van der Waals surface area (Å²) >= 11 is 0. The van der Waals surface area contributed by atoms with Crippen LogP contribution in [0.4, 0.5) is 5.69 Å². The van der Waals surface area contributed by atoms with E-state index in [1.54, 1.807) is 31.2 Å². The van der Waals surface area contributed by atoms with Gasteiger partial charge in [0.15, 0.2) is 0 Å². The van der Waals surface area contributed by atoms with Gasteiger partial charge in [0.25, 0.3) is 0 Å². The fourth-order valence-electron chi connectivity index (χ4n) is 2.14. The Morgan fingerprint density at radius 2 is 2.05 bits per heavy atom. The molecule has 1 aromatic rings. The number of primary sulfonamides is 1. The second kappa shape index (κ2) is 5.35. The molecule has 108 valence electrons. The zero-order valence-corrected chi connectivity index (χ0v) is 11.9. The highest BCUT2D eigenvalue weighted by molar-refractivity contribution is 7.89. The van der Waals surface area contributed by atoms with Crippen LogP contribution in [0.5, 0.6) is 0 Å². The summed E-state index contributed by atoms with van der Waals surface area (Å²) in [4.78, 5) is 12.0. The van der Waals surface area contributed by atoms with E-state index in [0.29, 0.717) is 17.7 Å². The van der Waals surface area contributed by atoms with Gasteiger partial charge in [-0.2, -0.15) is 0 Å². The van der Waals surface area contributed by atoms with Crippen molar-refractivity contribution in [1.29, 1.82) is 0 Å². The lowest BCUT2D eigenvalue weighted by molar-refractivity contribution is -0.118. The van der Waals surface area contributed by atoms with Crippen molar-refractivity contribution in [2.24, 2.45) is 16.8 Å². The zero-order valence-electron chi connectivity index (χ0n) is 11.0. The number of anilines is 1. The largest absolute Gasteiger partial charge is 0.326 e. The molecule has 5 N–H and O–H groups in total. The molecule has 2 atom stereocenters. The van der Waals surface area contributed by atoms with Crippen LogP contribution in [0.1, 0.15) is 12.0 Å². The zero-order chi connectivity index (χ0) is 14.9. The SMILES string of the molecule is Cc1ccc(NC(=O)C2C=CC(N)C2)cc1S(N)(=O)=O. The van der Waals surface area contributed by atoms with E-state index in [1.807, 2.05) is 0 Å². The van der Waals surface area contributed by atoms with E-state index in [4.69, 9.17) is 10.9 Å². The van der Waals surface area contributed by atoms with Crippen LogP contribution in [-0.4, -0.2) is 20.4 Å². The minimum Gasteiger partial charge on any atom is -0.326 e. The molecule has 1 aromatic carbocycles. The quantitative estimate of drug-likeness (QED) is 0.703. The van der Waals surface area contributed by atoms with E-state index < -0.39 is 10.0 Å². The second-order valence-electron chi connectivity index (χ2n) is 4.91. The third kappa shape index (κ3) is 3.24. The minimum absolute atomic E-state index is 0.00830. The molecule has 0 saturated carbocycles. The van der Waals surface area contributed by atoms with Crippen molar-refractivity contribution in [1.82, 2.24) is 0 Å². The molecule has 0 bridgehead atoms. The molecule has 0 spiro atoms. The number of rotatable bonds is 3. The van der Waals surface area contributed by atoms with Crippen LogP contribution in [0.15, 0.2) is 35.2 Å². The number of aryl methyl sites for hydroxylation is 1. The Kier molecular flexibility index (Phi) is 3.94. The van der Waals surface area contributed by atoms with Gasteiger partial charge in [-0.3, -0.25) is 4.79 Å². The third-order valence-corrected chi connectivity index (χ3v) is 4.27. The molecule has 0 saturated heterocycles. The molecular weight excluding hydrogens is 278 g/mol. The van der Waals surface area contributed by atoms with Crippen LogP contribution in [0.25, 0.3) is 0 Å². The Hall–Kier alpha value is -1.70. The summed E-state index contributed by atoms with van der Waals surface area (Å²) in [6, 6.07) is 4.50. The maximum atomic E-state index is 12.0. The molecule has 20 heavy (non-hydrogen) atoms. The first-order valence-electron chi connectivity index (χ1n) is 6.15. The van der Waals surface area contributed by atoms with Gasteiger partial charge in [-0.25, -0.2) is 13.6 Å². The fourth-order valence-corrected chi connectivity index (χ4v) is 2.95. The number of carbonyl (C=O) groups is 1. The Morgan fingerprint density at radius 1 is 1.35 bits per heavy atom. The molecule has 0 heterocycles. The van der Waals surface area contributed by atoms with Gasteiger partial charge < -0.3 is 11.1 Å². The summed E-state index contributed by atoms with van der Waals surface area (Å²) in [5.41, 5.74) is 6.63. The van der Waals surface area contributed by atoms with Gasteiger partial charge >= 0.3 is 0 Å². The van der Waals surface area contributed by atoms with E-state index in [1.165, 1.54) is 6.07 Å². The predicted molar refractivity (Wildman–Crippen MR) is 76.4 cm³/mol. The highest BCUT2D eigenvalue weighted by atomic mass is 32.2. The van der Waals surface area contributed by atoms with Crippen molar-refractivity contribution in [3.05, 3.63) is 35.9 Å². The fraction of sp³-hybridized carbons (Fsp3) is 0.308. The summed E-state index contributed by atoms with van der Waals surface area (Å²) < 4.78 is 22.9. The molecule has 0 aromatic heterocycles. The summed E-state index contributed by atoms with van der Waals surface area (Å²) in [5, 5.41) is 7.81. The van der Waals surface area contributed by atoms with Crippen molar-refractivity contribution in [2.45, 2.75) is 24.3 Å². The summed E-state index contributed by atoms with van der Waals surface area (Å²) in [7, 11) is -3.80. The Balaban J connectivity index is 2.19. The standard InChI is InChI=1S/C13H17N3O3S/c1-8-2-5-11(7-12(8)20(15,18)19)16-13(17)9-3-4-10(14)6-9/h2-5,7,9-10H,6,14H2,1H3,(H,16,17)(H2,15,18,19). The topological polar surface area (TPSA) is 115 Å². The molecular formula is C13H17N3O3S. The van der Waals surface area contributed by atoms with Gasteiger partial charge in [-0.1, -0.05) is 18.2 Å². The molecule has 1 aliphatic carbocycles. The lowest BCUT2D eigenvalue weighted by Gasteiger charge is -2.12. The third-order valence-electron chi connectivity index (χ3n) is 3.22. The average Bonchev–Trinajstić information content (AvgIpc) is 2.77. The van der Waals surface area contributed by atoms with Gasteiger partial charge in [0, 0.05) is 11.7 Å². The van der Waals surface area contributed by atoms with Crippen LogP contribution in [-0.2, 0) is 14.8 Å². The molecule has 0 radical (unpaired) electrons. The Morgan fingerprint density at radius 3 is 2.60 bits per heavy atom. The average molecular weight is 295 g/mol. The number of hydrogen-bond acceptors (Lipinski definition) is 4. The number of benzene rings is 1. The van der Waals surface area contributed by atoms with Gasteiger partial charge in [-0.15, -0.1) is 0 Å². The molecule has 6 nitrogen and oxygen atoms in total. The van der Waals surface area contributed by atoms with Crippen molar-refractivity contribution >= 4 is 21.6 Å². The van der Waals surface area contributed by atoms with Crippen molar-refractivity contribution in [2.75, 3.05) is 5.32 Å². The second-order valence-corrected chi connectivity index (χ2v) is 6.44. The van der Waals surface area contributed by atoms with Crippen LogP contribution < -0.4 is 16.2 Å². The number of carbonyl (C=O) groups excluding carboxylic acids is 1. The van der Waals surface area contributed by atoms with Crippen molar-refractivity contribution in [3.63, 3.8) is 0 Å². The van der Waals surface area contributed by atoms with Crippen LogP contribution in [0, 0.1) is 12.8 Å². The first kappa shape index (κ1) is 14.7. The van der Waals surface area contributed by atoms with E-state index in [9.17, 15) is 13.2 Å². The maximum Gasteiger partial charge on any atom is 0.238 e. The molecule has 1 aliphatic rings. The number of nitrogens with two attached hydrogens (primary N) is 2. The molecule has 0 aliphatic heterocycles. The molecule has 2 rings (SSSR count). The normalized spacial score (nSPS) is 21.9. The lowest BCUT2D eigenvalue weighted by Crippen LogP contribution is -2.24. The van der Waals surface area contributed by atoms with E-state index in [2.05, 4.69) is 5.32 Å². The molecule has 2 unspecified atom stereocenters. The highest BCUT2D eigenvalue weighted by Gasteiger charge is 2.23. The number of sulfonamides is 1. The molecule has 0 fully saturated rings. The molecule has 7 heteroatoms.